The molecule has 37 heavy (non-hydrogen) atoms. The fraction of sp³-hybridized carbons (Fsp3) is 0.207. The summed E-state index contributed by atoms with van der Waals surface area (Å²) in [5.74, 6) is -0.357. The number of aryl methyl sites for hydroxylation is 3. The van der Waals surface area contributed by atoms with Crippen LogP contribution in [-0.4, -0.2) is 24.5 Å². The smallest absolute Gasteiger partial charge is 0.335 e. The van der Waals surface area contributed by atoms with Gasteiger partial charge in [-0.05, 0) is 103 Å². The van der Waals surface area contributed by atoms with E-state index < -0.39 is 17.8 Å². The Morgan fingerprint density at radius 3 is 2.43 bits per heavy atom. The van der Waals surface area contributed by atoms with Crippen molar-refractivity contribution < 1.29 is 23.9 Å². The van der Waals surface area contributed by atoms with Crippen molar-refractivity contribution in [1.29, 1.82) is 0 Å². The standard InChI is InChI=1S/C29H27IN2O5/c1-5-36-25-15-21(14-24(30)26(25)37-16-20-8-6-7-17(2)11-20)13-23-27(33)31-29(35)32(28(23)34)22-10-9-18(3)19(4)12-22/h6-15H,5,16H2,1-4H3,(H,31,33,35)/b23-13+. The number of hydrogen-bond donors (Lipinski definition) is 1. The van der Waals surface area contributed by atoms with Crippen molar-refractivity contribution in [2.45, 2.75) is 34.3 Å². The molecule has 1 heterocycles. The van der Waals surface area contributed by atoms with Crippen LogP contribution in [0.4, 0.5) is 10.5 Å². The van der Waals surface area contributed by atoms with Gasteiger partial charge < -0.3 is 9.47 Å². The maximum Gasteiger partial charge on any atom is 0.335 e. The van der Waals surface area contributed by atoms with E-state index in [0.29, 0.717) is 36.0 Å². The number of halogens is 1. The molecule has 7 nitrogen and oxygen atoms in total. The van der Waals surface area contributed by atoms with Crippen LogP contribution < -0.4 is 19.7 Å². The molecular weight excluding hydrogens is 583 g/mol. The van der Waals surface area contributed by atoms with Gasteiger partial charge in [0.15, 0.2) is 11.5 Å². The number of imide groups is 2. The van der Waals surface area contributed by atoms with E-state index in [0.717, 1.165) is 30.7 Å². The van der Waals surface area contributed by atoms with E-state index >= 15 is 0 Å². The Morgan fingerprint density at radius 1 is 0.946 bits per heavy atom. The third-order valence-electron chi connectivity index (χ3n) is 5.96. The molecule has 0 aromatic heterocycles. The maximum atomic E-state index is 13.3. The topological polar surface area (TPSA) is 84.9 Å². The van der Waals surface area contributed by atoms with Crippen molar-refractivity contribution in [2.24, 2.45) is 0 Å². The highest BCUT2D eigenvalue weighted by Gasteiger charge is 2.37. The van der Waals surface area contributed by atoms with Gasteiger partial charge in [-0.15, -0.1) is 0 Å². The molecule has 4 rings (SSSR count). The number of barbiturate groups is 1. The van der Waals surface area contributed by atoms with Gasteiger partial charge in [-0.2, -0.15) is 0 Å². The molecule has 0 spiro atoms. The van der Waals surface area contributed by atoms with Crippen molar-refractivity contribution in [3.05, 3.63) is 91.6 Å². The molecule has 3 aromatic rings. The maximum absolute atomic E-state index is 13.3. The van der Waals surface area contributed by atoms with Crippen LogP contribution in [0.25, 0.3) is 6.08 Å². The number of ether oxygens (including phenoxy) is 2. The molecule has 0 unspecified atom stereocenters. The minimum atomic E-state index is -0.778. The van der Waals surface area contributed by atoms with Crippen molar-refractivity contribution in [2.75, 3.05) is 11.5 Å². The molecule has 1 aliphatic heterocycles. The predicted molar refractivity (Wildman–Crippen MR) is 151 cm³/mol. The zero-order valence-electron chi connectivity index (χ0n) is 21.1. The zero-order chi connectivity index (χ0) is 26.7. The van der Waals surface area contributed by atoms with Crippen molar-refractivity contribution in [3.8, 4) is 11.5 Å². The summed E-state index contributed by atoms with van der Waals surface area (Å²) >= 11 is 2.14. The van der Waals surface area contributed by atoms with Crippen molar-refractivity contribution in [1.82, 2.24) is 5.32 Å². The Hall–Kier alpha value is -3.66. The number of carbonyl (C=O) groups is 3. The number of carbonyl (C=O) groups excluding carboxylic acids is 3. The molecule has 0 radical (unpaired) electrons. The van der Waals surface area contributed by atoms with Gasteiger partial charge in [0.2, 0.25) is 0 Å². The van der Waals surface area contributed by atoms with Crippen molar-refractivity contribution >= 4 is 52.2 Å². The first-order valence-corrected chi connectivity index (χ1v) is 12.9. The Balaban J connectivity index is 1.67. The highest BCUT2D eigenvalue weighted by molar-refractivity contribution is 14.1. The van der Waals surface area contributed by atoms with Gasteiger partial charge in [0, 0.05) is 0 Å². The second kappa shape index (κ2) is 11.2. The Labute approximate surface area is 229 Å². The summed E-state index contributed by atoms with van der Waals surface area (Å²) in [7, 11) is 0. The molecule has 1 aliphatic rings. The number of nitrogens with zero attached hydrogens (tertiary/aromatic N) is 1. The summed E-state index contributed by atoms with van der Waals surface area (Å²) in [6, 6.07) is 16.1. The minimum Gasteiger partial charge on any atom is -0.490 e. The summed E-state index contributed by atoms with van der Waals surface area (Å²) < 4.78 is 12.7. The molecule has 0 atom stereocenters. The predicted octanol–water partition coefficient (Wildman–Crippen LogP) is 5.86. The van der Waals surface area contributed by atoms with Gasteiger partial charge in [-0.1, -0.05) is 35.9 Å². The van der Waals surface area contributed by atoms with E-state index in [1.807, 2.05) is 52.0 Å². The van der Waals surface area contributed by atoms with E-state index in [4.69, 9.17) is 9.47 Å². The fourth-order valence-corrected chi connectivity index (χ4v) is 4.74. The largest absolute Gasteiger partial charge is 0.490 e. The first kappa shape index (κ1) is 26.4. The normalized spacial score (nSPS) is 14.7. The second-order valence-electron chi connectivity index (χ2n) is 8.77. The lowest BCUT2D eigenvalue weighted by atomic mass is 10.0. The molecule has 0 aliphatic carbocycles. The Kier molecular flexibility index (Phi) is 7.97. The lowest BCUT2D eigenvalue weighted by Crippen LogP contribution is -2.54. The molecule has 0 bridgehead atoms. The van der Waals surface area contributed by atoms with E-state index in [9.17, 15) is 14.4 Å². The van der Waals surface area contributed by atoms with Crippen LogP contribution in [0, 0.1) is 24.3 Å². The molecule has 0 saturated carbocycles. The van der Waals surface area contributed by atoms with Gasteiger partial charge >= 0.3 is 6.03 Å². The summed E-state index contributed by atoms with van der Waals surface area (Å²) in [5, 5.41) is 2.27. The number of benzene rings is 3. The van der Waals surface area contributed by atoms with Gasteiger partial charge in [0.1, 0.15) is 12.2 Å². The van der Waals surface area contributed by atoms with Crippen LogP contribution in [0.1, 0.15) is 34.7 Å². The third kappa shape index (κ3) is 5.85. The molecule has 190 valence electrons. The van der Waals surface area contributed by atoms with Crippen LogP contribution in [0.3, 0.4) is 0 Å². The highest BCUT2D eigenvalue weighted by atomic mass is 127. The number of anilines is 1. The number of nitrogens with one attached hydrogen (secondary N) is 1. The van der Waals surface area contributed by atoms with Gasteiger partial charge in [-0.25, -0.2) is 9.69 Å². The van der Waals surface area contributed by atoms with E-state index in [1.165, 1.54) is 6.08 Å². The zero-order valence-corrected chi connectivity index (χ0v) is 23.2. The summed E-state index contributed by atoms with van der Waals surface area (Å²) in [6.45, 7) is 8.51. The first-order chi connectivity index (χ1) is 17.7. The Bertz CT molecular complexity index is 1430. The van der Waals surface area contributed by atoms with E-state index in [2.05, 4.69) is 34.0 Å². The lowest BCUT2D eigenvalue weighted by molar-refractivity contribution is -0.122. The average Bonchev–Trinajstić information content (AvgIpc) is 2.83. The van der Waals surface area contributed by atoms with E-state index in [1.54, 1.807) is 24.3 Å². The van der Waals surface area contributed by atoms with Crippen LogP contribution in [-0.2, 0) is 16.2 Å². The average molecular weight is 610 g/mol. The molecule has 3 aromatic carbocycles. The molecule has 4 amide bonds. The summed E-state index contributed by atoms with van der Waals surface area (Å²) in [6.07, 6.45) is 1.47. The minimum absolute atomic E-state index is 0.149. The van der Waals surface area contributed by atoms with Crippen LogP contribution >= 0.6 is 22.6 Å². The quantitative estimate of drug-likeness (QED) is 0.206. The monoisotopic (exact) mass is 610 g/mol. The highest BCUT2D eigenvalue weighted by Crippen LogP contribution is 2.36. The van der Waals surface area contributed by atoms with Gasteiger partial charge in [-0.3, -0.25) is 14.9 Å². The number of hydrogen-bond acceptors (Lipinski definition) is 5. The van der Waals surface area contributed by atoms with Crippen LogP contribution in [0.15, 0.2) is 60.2 Å². The first-order valence-electron chi connectivity index (χ1n) is 11.8. The second-order valence-corrected chi connectivity index (χ2v) is 9.93. The summed E-state index contributed by atoms with van der Waals surface area (Å²) in [5.41, 5.74) is 4.96. The SMILES string of the molecule is CCOc1cc(/C=C2\C(=O)NC(=O)N(c3ccc(C)c(C)c3)C2=O)cc(I)c1OCc1cccc(C)c1. The molecule has 1 saturated heterocycles. The summed E-state index contributed by atoms with van der Waals surface area (Å²) in [4.78, 5) is 39.5. The van der Waals surface area contributed by atoms with E-state index in [-0.39, 0.29) is 5.57 Å². The Morgan fingerprint density at radius 2 is 1.73 bits per heavy atom. The lowest BCUT2D eigenvalue weighted by Gasteiger charge is -2.27. The fourth-order valence-electron chi connectivity index (χ4n) is 3.96. The molecule has 8 heteroatoms. The number of amides is 4. The van der Waals surface area contributed by atoms with Gasteiger partial charge in [0.05, 0.1) is 15.9 Å². The molecule has 1 fully saturated rings. The van der Waals surface area contributed by atoms with Crippen LogP contribution in [0.5, 0.6) is 11.5 Å². The number of urea groups is 1. The number of rotatable bonds is 7. The third-order valence-corrected chi connectivity index (χ3v) is 6.76. The van der Waals surface area contributed by atoms with Gasteiger partial charge in [0.25, 0.3) is 11.8 Å². The molecular formula is C29H27IN2O5. The van der Waals surface area contributed by atoms with Crippen LogP contribution in [0.2, 0.25) is 0 Å². The van der Waals surface area contributed by atoms with Crippen molar-refractivity contribution in [3.63, 3.8) is 0 Å². The molecule has 1 N–H and O–H groups in total.